The molecule has 0 radical (unpaired) electrons. The molecule has 0 bridgehead atoms. The topological polar surface area (TPSA) is 71.0 Å². The second-order valence-corrected chi connectivity index (χ2v) is 8.69. The second kappa shape index (κ2) is 8.98. The number of nitrogens with zero attached hydrogens (tertiary/aromatic N) is 2. The van der Waals surface area contributed by atoms with E-state index in [9.17, 15) is 9.59 Å². The molecule has 1 amide bonds. The quantitative estimate of drug-likeness (QED) is 0.714. The number of anilines is 1. The first-order valence-electron chi connectivity index (χ1n) is 10.2. The molecule has 2 heterocycles. The van der Waals surface area contributed by atoms with Gasteiger partial charge in [0.25, 0.3) is 5.91 Å². The van der Waals surface area contributed by atoms with Crippen LogP contribution in [-0.4, -0.2) is 41.4 Å². The number of methoxy groups -OCH3 is 1. The third-order valence-corrected chi connectivity index (χ3v) is 6.51. The Bertz CT molecular complexity index is 1080. The highest BCUT2D eigenvalue weighted by atomic mass is 32.2. The van der Waals surface area contributed by atoms with Gasteiger partial charge in [-0.1, -0.05) is 41.6 Å². The van der Waals surface area contributed by atoms with E-state index in [4.69, 9.17) is 4.74 Å². The Morgan fingerprint density at radius 3 is 2.68 bits per heavy atom. The molecule has 0 unspecified atom stereocenters. The molecule has 0 saturated carbocycles. The summed E-state index contributed by atoms with van der Waals surface area (Å²) >= 11 is 1.70. The maximum absolute atomic E-state index is 12.7. The summed E-state index contributed by atoms with van der Waals surface area (Å²) in [5, 5.41) is 3.90. The van der Waals surface area contributed by atoms with Gasteiger partial charge in [-0.05, 0) is 50.1 Å². The highest BCUT2D eigenvalue weighted by Gasteiger charge is 2.37. The molecule has 1 saturated heterocycles. The number of hydrogen-bond acceptors (Lipinski definition) is 6. The number of ether oxygens (including phenoxy) is 1. The predicted molar refractivity (Wildman–Crippen MR) is 124 cm³/mol. The minimum absolute atomic E-state index is 0.170. The Morgan fingerprint density at radius 1 is 1.16 bits per heavy atom. The molecule has 2 aliphatic heterocycles. The molecule has 31 heavy (non-hydrogen) atoms. The summed E-state index contributed by atoms with van der Waals surface area (Å²) in [6, 6.07) is 14.8. The molecule has 160 valence electrons. The van der Waals surface area contributed by atoms with E-state index >= 15 is 0 Å². The molecule has 1 atom stereocenters. The fourth-order valence-electron chi connectivity index (χ4n) is 3.88. The third-order valence-electron chi connectivity index (χ3n) is 5.44. The lowest BCUT2D eigenvalue weighted by Crippen LogP contribution is -2.42. The minimum Gasteiger partial charge on any atom is -0.466 e. The van der Waals surface area contributed by atoms with E-state index in [0.29, 0.717) is 22.5 Å². The van der Waals surface area contributed by atoms with Gasteiger partial charge in [0.15, 0.2) is 5.17 Å². The minimum atomic E-state index is -0.380. The number of esters is 1. The average molecular weight is 436 g/mol. The number of carbonyl (C=O) groups excluding carboxylic acids is 2. The monoisotopic (exact) mass is 435 g/mol. The van der Waals surface area contributed by atoms with E-state index in [2.05, 4.69) is 15.2 Å². The summed E-state index contributed by atoms with van der Waals surface area (Å²) < 4.78 is 5.08. The van der Waals surface area contributed by atoms with Gasteiger partial charge in [-0.3, -0.25) is 4.79 Å². The van der Waals surface area contributed by atoms with E-state index in [-0.39, 0.29) is 17.9 Å². The van der Waals surface area contributed by atoms with Gasteiger partial charge in [0.05, 0.1) is 24.4 Å². The van der Waals surface area contributed by atoms with Crippen molar-refractivity contribution in [1.29, 1.82) is 0 Å². The summed E-state index contributed by atoms with van der Waals surface area (Å²) in [6.45, 7) is 4.65. The Kier molecular flexibility index (Phi) is 6.13. The number of fused-ring (bicyclic) bond motifs is 1. The number of amidine groups is 1. The Hall–Kier alpha value is -3.06. The standard InChI is InChI=1S/C24H25N3O3S/c1-15-8-10-17(11-9-15)22(28)26-19-7-4-6-18(14-19)21-20(23(29)30-3)16(2)25-24-27(21)12-5-13-31-24/h4,6-11,14,21H,5,12-13H2,1-3H3,(H,26,28)/t21-/m1/s1. The summed E-state index contributed by atoms with van der Waals surface area (Å²) in [5.41, 5.74) is 4.50. The highest BCUT2D eigenvalue weighted by molar-refractivity contribution is 8.13. The molecule has 6 nitrogen and oxygen atoms in total. The number of carbonyl (C=O) groups is 2. The number of amides is 1. The average Bonchev–Trinajstić information content (AvgIpc) is 2.78. The maximum atomic E-state index is 12.7. The SMILES string of the molecule is COC(=O)C1=C(C)N=C2SCCCN2[C@@H]1c1cccc(NC(=O)c2ccc(C)cc2)c1. The van der Waals surface area contributed by atoms with E-state index < -0.39 is 0 Å². The number of aryl methyl sites for hydroxylation is 1. The fraction of sp³-hybridized carbons (Fsp3) is 0.292. The van der Waals surface area contributed by atoms with Crippen LogP contribution in [0.2, 0.25) is 0 Å². The van der Waals surface area contributed by atoms with Gasteiger partial charge in [0, 0.05) is 23.5 Å². The molecule has 2 aromatic carbocycles. The van der Waals surface area contributed by atoms with Crippen molar-refractivity contribution in [1.82, 2.24) is 4.90 Å². The van der Waals surface area contributed by atoms with Gasteiger partial charge in [-0.2, -0.15) is 0 Å². The lowest BCUT2D eigenvalue weighted by Gasteiger charge is -2.40. The van der Waals surface area contributed by atoms with Gasteiger partial charge < -0.3 is 15.0 Å². The largest absolute Gasteiger partial charge is 0.466 e. The predicted octanol–water partition coefficient (Wildman–Crippen LogP) is 4.54. The molecular formula is C24H25N3O3S. The van der Waals surface area contributed by atoms with Crippen LogP contribution in [0, 0.1) is 6.92 Å². The first-order valence-corrected chi connectivity index (χ1v) is 11.2. The maximum Gasteiger partial charge on any atom is 0.338 e. The molecule has 2 aromatic rings. The van der Waals surface area contributed by atoms with Crippen LogP contribution in [0.5, 0.6) is 0 Å². The van der Waals surface area contributed by atoms with Crippen LogP contribution < -0.4 is 5.32 Å². The van der Waals surface area contributed by atoms with Gasteiger partial charge in [-0.25, -0.2) is 9.79 Å². The van der Waals surface area contributed by atoms with Crippen molar-refractivity contribution >= 4 is 34.5 Å². The fourth-order valence-corrected chi connectivity index (χ4v) is 4.90. The molecule has 0 spiro atoms. The van der Waals surface area contributed by atoms with Crippen molar-refractivity contribution in [3.05, 3.63) is 76.5 Å². The zero-order valence-electron chi connectivity index (χ0n) is 17.8. The molecule has 2 aliphatic rings. The van der Waals surface area contributed by atoms with Crippen LogP contribution in [-0.2, 0) is 9.53 Å². The van der Waals surface area contributed by atoms with Crippen LogP contribution in [0.1, 0.15) is 40.9 Å². The number of benzene rings is 2. The van der Waals surface area contributed by atoms with Gasteiger partial charge in [0.1, 0.15) is 0 Å². The number of hydrogen-bond donors (Lipinski definition) is 1. The molecular weight excluding hydrogens is 410 g/mol. The van der Waals surface area contributed by atoms with E-state index in [1.54, 1.807) is 11.8 Å². The van der Waals surface area contributed by atoms with Crippen LogP contribution in [0.15, 0.2) is 64.8 Å². The lowest BCUT2D eigenvalue weighted by atomic mass is 9.94. The molecule has 1 fully saturated rings. The smallest absolute Gasteiger partial charge is 0.338 e. The molecule has 7 heteroatoms. The summed E-state index contributed by atoms with van der Waals surface area (Å²) in [7, 11) is 1.39. The van der Waals surface area contributed by atoms with Crippen molar-refractivity contribution in [3.63, 3.8) is 0 Å². The normalized spacial score (nSPS) is 18.2. The van der Waals surface area contributed by atoms with Crippen LogP contribution >= 0.6 is 11.8 Å². The second-order valence-electron chi connectivity index (χ2n) is 7.63. The lowest BCUT2D eigenvalue weighted by molar-refractivity contribution is -0.136. The van der Waals surface area contributed by atoms with Crippen molar-refractivity contribution in [3.8, 4) is 0 Å². The number of thioether (sulfide) groups is 1. The van der Waals surface area contributed by atoms with E-state index in [1.165, 1.54) is 7.11 Å². The first-order chi connectivity index (χ1) is 15.0. The van der Waals surface area contributed by atoms with Gasteiger partial charge in [0.2, 0.25) is 0 Å². The number of aliphatic imine (C=N–C) groups is 1. The molecule has 0 aromatic heterocycles. The Balaban J connectivity index is 1.67. The Labute approximate surface area is 186 Å². The molecule has 0 aliphatic carbocycles. The van der Waals surface area contributed by atoms with Crippen LogP contribution in [0.3, 0.4) is 0 Å². The van der Waals surface area contributed by atoms with Crippen LogP contribution in [0.25, 0.3) is 0 Å². The summed E-state index contributed by atoms with van der Waals surface area (Å²) in [4.78, 5) is 32.2. The first kappa shape index (κ1) is 21.2. The third kappa shape index (κ3) is 4.37. The highest BCUT2D eigenvalue weighted by Crippen LogP contribution is 2.40. The van der Waals surface area contributed by atoms with Crippen LogP contribution in [0.4, 0.5) is 5.69 Å². The molecule has 1 N–H and O–H groups in total. The van der Waals surface area contributed by atoms with Crippen molar-refractivity contribution in [2.24, 2.45) is 4.99 Å². The number of rotatable bonds is 4. The molecule has 4 rings (SSSR count). The van der Waals surface area contributed by atoms with Crippen molar-refractivity contribution < 1.29 is 14.3 Å². The van der Waals surface area contributed by atoms with Gasteiger partial charge in [-0.15, -0.1) is 0 Å². The summed E-state index contributed by atoms with van der Waals surface area (Å²) in [5.74, 6) is 0.460. The van der Waals surface area contributed by atoms with Gasteiger partial charge >= 0.3 is 5.97 Å². The Morgan fingerprint density at radius 2 is 1.94 bits per heavy atom. The zero-order valence-corrected chi connectivity index (χ0v) is 18.7. The summed E-state index contributed by atoms with van der Waals surface area (Å²) in [6.07, 6.45) is 1.01. The van der Waals surface area contributed by atoms with Crippen molar-refractivity contribution in [2.45, 2.75) is 26.3 Å². The number of nitrogens with one attached hydrogen (secondary N) is 1. The van der Waals surface area contributed by atoms with E-state index in [0.717, 1.165) is 35.0 Å². The van der Waals surface area contributed by atoms with E-state index in [1.807, 2.05) is 62.4 Å². The van der Waals surface area contributed by atoms with Crippen molar-refractivity contribution in [2.75, 3.05) is 24.7 Å². The zero-order chi connectivity index (χ0) is 22.0. The number of allylic oxidation sites excluding steroid dienone is 1.